The molecule has 0 atom stereocenters. The van der Waals surface area contributed by atoms with Gasteiger partial charge in [-0.05, 0) is 35.9 Å². The summed E-state index contributed by atoms with van der Waals surface area (Å²) in [6.45, 7) is 0.127. The second-order valence-corrected chi connectivity index (χ2v) is 7.93. The van der Waals surface area contributed by atoms with E-state index in [1.807, 2.05) is 0 Å². The van der Waals surface area contributed by atoms with Gasteiger partial charge in [0.25, 0.3) is 5.91 Å². The maximum atomic E-state index is 12.5. The number of carbonyl (C=O) groups is 1. The maximum absolute atomic E-state index is 12.5. The van der Waals surface area contributed by atoms with Crippen molar-refractivity contribution in [1.29, 1.82) is 0 Å². The van der Waals surface area contributed by atoms with E-state index < -0.39 is 10.0 Å². The second-order valence-electron chi connectivity index (χ2n) is 5.64. The highest BCUT2D eigenvalue weighted by atomic mass is 32.2. The summed E-state index contributed by atoms with van der Waals surface area (Å²) in [6, 6.07) is 11.4. The molecule has 1 heterocycles. The molecule has 1 N–H and O–H groups in total. The fourth-order valence-electron chi connectivity index (χ4n) is 2.25. The van der Waals surface area contributed by atoms with Gasteiger partial charge in [0.15, 0.2) is 0 Å². The smallest absolute Gasteiger partial charge is 0.253 e. The summed E-state index contributed by atoms with van der Waals surface area (Å²) in [5.74, 6) is -0.251. The molecule has 0 spiro atoms. The van der Waals surface area contributed by atoms with Crippen molar-refractivity contribution < 1.29 is 13.2 Å². The highest BCUT2D eigenvalue weighted by Crippen LogP contribution is 2.16. The topological polar surface area (TPSA) is 92.3 Å². The van der Waals surface area contributed by atoms with E-state index in [1.165, 1.54) is 17.0 Å². The van der Waals surface area contributed by atoms with Gasteiger partial charge in [-0.25, -0.2) is 13.1 Å². The van der Waals surface area contributed by atoms with Crippen LogP contribution in [-0.4, -0.2) is 42.1 Å². The number of nitrogens with zero attached hydrogens (tertiary/aromatic N) is 3. The number of sulfonamides is 1. The molecule has 0 saturated carbocycles. The quantitative estimate of drug-likeness (QED) is 0.734. The van der Waals surface area contributed by atoms with Crippen molar-refractivity contribution in [3.05, 3.63) is 53.6 Å². The average molecular weight is 376 g/mol. The Labute approximate surface area is 149 Å². The van der Waals surface area contributed by atoms with Crippen molar-refractivity contribution in [2.75, 3.05) is 14.1 Å². The van der Waals surface area contributed by atoms with Crippen LogP contribution in [0.25, 0.3) is 11.0 Å². The third-order valence-electron chi connectivity index (χ3n) is 3.58. The Kier molecular flexibility index (Phi) is 4.80. The summed E-state index contributed by atoms with van der Waals surface area (Å²) in [4.78, 5) is 13.5. The fourth-order valence-corrected chi connectivity index (χ4v) is 3.83. The second kappa shape index (κ2) is 6.87. The van der Waals surface area contributed by atoms with Gasteiger partial charge in [0.1, 0.15) is 11.0 Å². The van der Waals surface area contributed by atoms with E-state index in [4.69, 9.17) is 0 Å². The number of benzene rings is 2. The number of hydrogen-bond acceptors (Lipinski definition) is 6. The highest BCUT2D eigenvalue weighted by molar-refractivity contribution is 7.89. The summed E-state index contributed by atoms with van der Waals surface area (Å²) >= 11 is 1.11. The van der Waals surface area contributed by atoms with Crippen molar-refractivity contribution in [2.45, 2.75) is 11.4 Å². The van der Waals surface area contributed by atoms with Crippen LogP contribution < -0.4 is 4.72 Å². The summed E-state index contributed by atoms with van der Waals surface area (Å²) in [5.41, 5.74) is 2.62. The van der Waals surface area contributed by atoms with Crippen molar-refractivity contribution in [3.63, 3.8) is 0 Å². The predicted octanol–water partition coefficient (Wildman–Crippen LogP) is 1.87. The molecule has 3 aromatic rings. The van der Waals surface area contributed by atoms with E-state index in [0.29, 0.717) is 5.56 Å². The molecule has 2 aromatic carbocycles. The molecule has 9 heteroatoms. The van der Waals surface area contributed by atoms with Gasteiger partial charge in [-0.3, -0.25) is 4.79 Å². The van der Waals surface area contributed by atoms with Crippen LogP contribution in [-0.2, 0) is 16.6 Å². The van der Waals surface area contributed by atoms with Crippen LogP contribution in [0, 0.1) is 0 Å². The molecule has 0 bridgehead atoms. The lowest BCUT2D eigenvalue weighted by molar-refractivity contribution is 0.0827. The van der Waals surface area contributed by atoms with Gasteiger partial charge >= 0.3 is 0 Å². The van der Waals surface area contributed by atoms with Gasteiger partial charge in [-0.1, -0.05) is 12.1 Å². The number of aromatic nitrogens is 2. The Morgan fingerprint density at radius 3 is 2.64 bits per heavy atom. The molecule has 0 saturated heterocycles. The Morgan fingerprint density at radius 1 is 1.12 bits per heavy atom. The van der Waals surface area contributed by atoms with Crippen LogP contribution in [0.15, 0.2) is 47.4 Å². The average Bonchev–Trinajstić information content (AvgIpc) is 3.07. The normalized spacial score (nSPS) is 11.6. The highest BCUT2D eigenvalue weighted by Gasteiger charge is 2.17. The first-order valence-electron chi connectivity index (χ1n) is 7.39. The SMILES string of the molecule is CN(C)C(=O)c1cccc(S(=O)(=O)NCc2ccc3nsnc3c2)c1. The Morgan fingerprint density at radius 2 is 1.88 bits per heavy atom. The van der Waals surface area contributed by atoms with Crippen molar-refractivity contribution in [3.8, 4) is 0 Å². The van der Waals surface area contributed by atoms with Crippen molar-refractivity contribution in [1.82, 2.24) is 18.4 Å². The molecule has 3 rings (SSSR count). The standard InChI is InChI=1S/C16H16N4O3S2/c1-20(2)16(21)12-4-3-5-13(9-12)25(22,23)17-10-11-6-7-14-15(8-11)19-24-18-14/h3-9,17H,10H2,1-2H3. The molecule has 25 heavy (non-hydrogen) atoms. The first-order valence-corrected chi connectivity index (χ1v) is 9.61. The molecule has 0 aliphatic carbocycles. The van der Waals surface area contributed by atoms with E-state index in [0.717, 1.165) is 28.3 Å². The van der Waals surface area contributed by atoms with Gasteiger partial charge in [-0.2, -0.15) is 8.75 Å². The molecule has 1 aromatic heterocycles. The summed E-state index contributed by atoms with van der Waals surface area (Å²) in [7, 11) is -0.502. The summed E-state index contributed by atoms with van der Waals surface area (Å²) in [6.07, 6.45) is 0. The van der Waals surface area contributed by atoms with Crippen LogP contribution in [0.3, 0.4) is 0 Å². The minimum atomic E-state index is -3.73. The van der Waals surface area contributed by atoms with Gasteiger partial charge in [0.05, 0.1) is 16.6 Å². The van der Waals surface area contributed by atoms with Crippen LogP contribution in [0.4, 0.5) is 0 Å². The molecule has 1 amide bonds. The number of hydrogen-bond donors (Lipinski definition) is 1. The predicted molar refractivity (Wildman–Crippen MR) is 95.9 cm³/mol. The fraction of sp³-hybridized carbons (Fsp3) is 0.188. The van der Waals surface area contributed by atoms with Gasteiger partial charge < -0.3 is 4.90 Å². The Hall–Kier alpha value is -2.36. The van der Waals surface area contributed by atoms with E-state index >= 15 is 0 Å². The van der Waals surface area contributed by atoms with E-state index in [2.05, 4.69) is 13.5 Å². The zero-order valence-electron chi connectivity index (χ0n) is 13.6. The lowest BCUT2D eigenvalue weighted by Crippen LogP contribution is -2.25. The summed E-state index contributed by atoms with van der Waals surface area (Å²) < 4.78 is 35.8. The molecule has 0 aliphatic rings. The monoisotopic (exact) mass is 376 g/mol. The molecule has 130 valence electrons. The number of amides is 1. The van der Waals surface area contributed by atoms with Crippen molar-refractivity contribution >= 4 is 38.7 Å². The first-order chi connectivity index (χ1) is 11.9. The van der Waals surface area contributed by atoms with Crippen LogP contribution >= 0.6 is 11.7 Å². The number of carbonyl (C=O) groups excluding carboxylic acids is 1. The van der Waals surface area contributed by atoms with Gasteiger partial charge in [-0.15, -0.1) is 0 Å². The first kappa shape index (κ1) is 17.5. The van der Waals surface area contributed by atoms with Crippen LogP contribution in [0.2, 0.25) is 0 Å². The number of rotatable bonds is 5. The van der Waals surface area contributed by atoms with Crippen LogP contribution in [0.1, 0.15) is 15.9 Å². The van der Waals surface area contributed by atoms with E-state index in [9.17, 15) is 13.2 Å². The van der Waals surface area contributed by atoms with E-state index in [-0.39, 0.29) is 17.3 Å². The maximum Gasteiger partial charge on any atom is 0.253 e. The minimum absolute atomic E-state index is 0.0524. The Balaban J connectivity index is 1.79. The zero-order chi connectivity index (χ0) is 18.0. The van der Waals surface area contributed by atoms with Crippen LogP contribution in [0.5, 0.6) is 0 Å². The summed E-state index contributed by atoms with van der Waals surface area (Å²) in [5, 5.41) is 0. The minimum Gasteiger partial charge on any atom is -0.345 e. The number of nitrogens with one attached hydrogen (secondary N) is 1. The molecule has 0 aliphatic heterocycles. The van der Waals surface area contributed by atoms with Crippen molar-refractivity contribution in [2.24, 2.45) is 0 Å². The molecular weight excluding hydrogens is 360 g/mol. The lowest BCUT2D eigenvalue weighted by atomic mass is 10.2. The van der Waals surface area contributed by atoms with Gasteiger partial charge in [0.2, 0.25) is 10.0 Å². The van der Waals surface area contributed by atoms with E-state index in [1.54, 1.807) is 44.4 Å². The Bertz CT molecular complexity index is 1030. The molecule has 0 unspecified atom stereocenters. The molecule has 0 radical (unpaired) electrons. The largest absolute Gasteiger partial charge is 0.345 e. The zero-order valence-corrected chi connectivity index (χ0v) is 15.3. The number of fused-ring (bicyclic) bond motifs is 1. The third-order valence-corrected chi connectivity index (χ3v) is 5.54. The molecule has 0 fully saturated rings. The third kappa shape index (κ3) is 3.84. The molecule has 7 nitrogen and oxygen atoms in total. The molecular formula is C16H16N4O3S2. The van der Waals surface area contributed by atoms with Gasteiger partial charge in [0, 0.05) is 26.2 Å². The lowest BCUT2D eigenvalue weighted by Gasteiger charge is -2.12.